The van der Waals surface area contributed by atoms with Crippen molar-refractivity contribution in [1.29, 1.82) is 0 Å². The molecule has 1 heteroatoms. The summed E-state index contributed by atoms with van der Waals surface area (Å²) >= 11 is 0. The van der Waals surface area contributed by atoms with Gasteiger partial charge in [0.2, 0.25) is 5.52 Å². The molecule has 1 aromatic heterocycles. The Morgan fingerprint density at radius 2 is 1.64 bits per heavy atom. The van der Waals surface area contributed by atoms with Crippen LogP contribution in [-0.4, -0.2) is 0 Å². The zero-order valence-corrected chi connectivity index (χ0v) is 13.0. The molecular weight excluding hydrogens is 266 g/mol. The number of hydrogen-bond donors (Lipinski definition) is 0. The molecule has 22 heavy (non-hydrogen) atoms. The maximum Gasteiger partial charge on any atom is 0.220 e. The smallest absolute Gasteiger partial charge is 0.200 e. The van der Waals surface area contributed by atoms with Crippen molar-refractivity contribution in [3.8, 4) is 11.1 Å². The topological polar surface area (TPSA) is 3.88 Å². The summed E-state index contributed by atoms with van der Waals surface area (Å²) in [6.45, 7) is 2.26. The number of aromatic nitrogens is 1. The molecule has 0 atom stereocenters. The maximum atomic E-state index is 2.37. The predicted molar refractivity (Wildman–Crippen MR) is 90.7 cm³/mol. The lowest BCUT2D eigenvalue weighted by Gasteiger charge is -2.11. The lowest BCUT2D eigenvalue weighted by Crippen LogP contribution is -2.28. The van der Waals surface area contributed by atoms with Gasteiger partial charge >= 0.3 is 0 Å². The first kappa shape index (κ1) is 12.2. The highest BCUT2D eigenvalue weighted by Crippen LogP contribution is 2.46. The van der Waals surface area contributed by atoms with Crippen molar-refractivity contribution in [2.45, 2.75) is 19.8 Å². The highest BCUT2D eigenvalue weighted by molar-refractivity contribution is 6.01. The molecule has 0 N–H and O–H groups in total. The van der Waals surface area contributed by atoms with Gasteiger partial charge in [0.25, 0.3) is 0 Å². The SMILES string of the molecule is CC1=CCc2ccc3c(c21)-c1c(ccc2ccc[n+](C)c12)C3. The third kappa shape index (κ3) is 1.41. The number of hydrogen-bond acceptors (Lipinski definition) is 0. The van der Waals surface area contributed by atoms with Crippen molar-refractivity contribution in [1.82, 2.24) is 0 Å². The van der Waals surface area contributed by atoms with Crippen LogP contribution in [0.4, 0.5) is 0 Å². The zero-order chi connectivity index (χ0) is 14.8. The average molecular weight is 284 g/mol. The summed E-state index contributed by atoms with van der Waals surface area (Å²) in [5.41, 5.74) is 11.7. The normalized spacial score (nSPS) is 14.7. The molecule has 1 nitrogen and oxygen atoms in total. The standard InChI is InChI=1S/C21H18N/c1-13-5-6-14-7-9-16-12-17-10-8-15-4-3-11-22(2)21(15)20(17)19(16)18(13)14/h3-5,7-11H,6,12H2,1-2H3/q+1. The first-order chi connectivity index (χ1) is 10.7. The predicted octanol–water partition coefficient (Wildman–Crippen LogP) is 4.19. The van der Waals surface area contributed by atoms with Gasteiger partial charge in [-0.15, -0.1) is 0 Å². The molecule has 1 heterocycles. The number of fused-ring (bicyclic) bond motifs is 7. The number of benzene rings is 2. The molecule has 0 radical (unpaired) electrons. The Morgan fingerprint density at radius 3 is 2.55 bits per heavy atom. The summed E-state index contributed by atoms with van der Waals surface area (Å²) in [5.74, 6) is 0. The Hall–Kier alpha value is -2.41. The summed E-state index contributed by atoms with van der Waals surface area (Å²) < 4.78 is 2.27. The van der Waals surface area contributed by atoms with E-state index in [1.165, 1.54) is 49.9 Å². The monoisotopic (exact) mass is 284 g/mol. The average Bonchev–Trinajstić information content (AvgIpc) is 3.07. The Morgan fingerprint density at radius 1 is 0.864 bits per heavy atom. The van der Waals surface area contributed by atoms with Gasteiger partial charge in [0.05, 0.1) is 5.56 Å². The number of nitrogens with zero attached hydrogens (tertiary/aromatic N) is 1. The minimum Gasteiger partial charge on any atom is -0.200 e. The molecule has 0 spiro atoms. The Kier molecular flexibility index (Phi) is 2.25. The number of allylic oxidation sites excluding steroid dienone is 2. The first-order valence-electron chi connectivity index (χ1n) is 7.96. The van der Waals surface area contributed by atoms with Crippen LogP contribution in [0.1, 0.15) is 29.2 Å². The summed E-state index contributed by atoms with van der Waals surface area (Å²) in [7, 11) is 2.16. The van der Waals surface area contributed by atoms with Gasteiger partial charge in [-0.05, 0) is 65.3 Å². The van der Waals surface area contributed by atoms with E-state index >= 15 is 0 Å². The van der Waals surface area contributed by atoms with Crippen LogP contribution in [0.3, 0.4) is 0 Å². The second kappa shape index (κ2) is 4.07. The van der Waals surface area contributed by atoms with Crippen LogP contribution < -0.4 is 4.57 Å². The second-order valence-electron chi connectivity index (χ2n) is 6.56. The van der Waals surface area contributed by atoms with E-state index in [9.17, 15) is 0 Å². The summed E-state index contributed by atoms with van der Waals surface area (Å²) in [6, 6.07) is 13.6. The van der Waals surface area contributed by atoms with Crippen molar-refractivity contribution < 1.29 is 4.57 Å². The first-order valence-corrected chi connectivity index (χ1v) is 7.96. The van der Waals surface area contributed by atoms with E-state index in [0.29, 0.717) is 0 Å². The lowest BCUT2D eigenvalue weighted by atomic mass is 9.92. The Bertz CT molecular complexity index is 992. The van der Waals surface area contributed by atoms with E-state index in [0.717, 1.165) is 12.8 Å². The molecule has 3 aromatic rings. The molecule has 0 aliphatic heterocycles. The van der Waals surface area contributed by atoms with E-state index < -0.39 is 0 Å². The fourth-order valence-corrected chi connectivity index (χ4v) is 4.25. The fourth-order valence-electron chi connectivity index (χ4n) is 4.25. The quantitative estimate of drug-likeness (QED) is 0.426. The van der Waals surface area contributed by atoms with Gasteiger partial charge in [-0.1, -0.05) is 24.3 Å². The van der Waals surface area contributed by atoms with Crippen molar-refractivity contribution in [2.75, 3.05) is 0 Å². The molecular formula is C21H18N+. The van der Waals surface area contributed by atoms with E-state index in [-0.39, 0.29) is 0 Å². The van der Waals surface area contributed by atoms with Crippen molar-refractivity contribution in [3.05, 3.63) is 70.9 Å². The summed E-state index contributed by atoms with van der Waals surface area (Å²) in [4.78, 5) is 0. The molecule has 106 valence electrons. The van der Waals surface area contributed by atoms with Crippen LogP contribution >= 0.6 is 0 Å². The highest BCUT2D eigenvalue weighted by Gasteiger charge is 2.30. The van der Waals surface area contributed by atoms with Crippen LogP contribution in [0, 0.1) is 0 Å². The largest absolute Gasteiger partial charge is 0.220 e. The molecule has 0 saturated carbocycles. The molecule has 0 amide bonds. The van der Waals surface area contributed by atoms with E-state index in [1.54, 1.807) is 0 Å². The van der Waals surface area contributed by atoms with Gasteiger partial charge in [0, 0.05) is 11.5 Å². The third-order valence-corrected chi connectivity index (χ3v) is 5.26. The molecule has 0 fully saturated rings. The van der Waals surface area contributed by atoms with Crippen molar-refractivity contribution in [3.63, 3.8) is 0 Å². The van der Waals surface area contributed by atoms with Crippen LogP contribution in [-0.2, 0) is 19.9 Å². The summed E-state index contributed by atoms with van der Waals surface area (Å²) in [5, 5.41) is 1.33. The van der Waals surface area contributed by atoms with E-state index in [4.69, 9.17) is 0 Å². The van der Waals surface area contributed by atoms with Crippen LogP contribution in [0.15, 0.2) is 48.7 Å². The molecule has 2 aromatic carbocycles. The van der Waals surface area contributed by atoms with Crippen LogP contribution in [0.5, 0.6) is 0 Å². The third-order valence-electron chi connectivity index (χ3n) is 5.26. The molecule has 0 saturated heterocycles. The zero-order valence-electron chi connectivity index (χ0n) is 13.0. The molecule has 0 bridgehead atoms. The Balaban J connectivity index is 1.98. The van der Waals surface area contributed by atoms with Gasteiger partial charge in [-0.25, -0.2) is 4.57 Å². The van der Waals surface area contributed by atoms with Crippen LogP contribution in [0.2, 0.25) is 0 Å². The van der Waals surface area contributed by atoms with Gasteiger partial charge in [-0.3, -0.25) is 0 Å². The van der Waals surface area contributed by atoms with Gasteiger partial charge in [-0.2, -0.15) is 0 Å². The Labute approximate surface area is 130 Å². The summed E-state index contributed by atoms with van der Waals surface area (Å²) in [6.07, 6.45) is 6.68. The molecule has 2 aliphatic carbocycles. The van der Waals surface area contributed by atoms with Crippen molar-refractivity contribution >= 4 is 16.5 Å². The highest BCUT2D eigenvalue weighted by atomic mass is 14.9. The fraction of sp³-hybridized carbons (Fsp3) is 0.190. The minimum atomic E-state index is 1.07. The van der Waals surface area contributed by atoms with Crippen LogP contribution in [0.25, 0.3) is 27.6 Å². The van der Waals surface area contributed by atoms with E-state index in [1.807, 2.05) is 0 Å². The van der Waals surface area contributed by atoms with Gasteiger partial charge in [0.15, 0.2) is 6.20 Å². The second-order valence-corrected chi connectivity index (χ2v) is 6.56. The van der Waals surface area contributed by atoms with Crippen molar-refractivity contribution in [2.24, 2.45) is 7.05 Å². The number of rotatable bonds is 0. The number of aryl methyl sites for hydroxylation is 1. The lowest BCUT2D eigenvalue weighted by molar-refractivity contribution is -0.644. The van der Waals surface area contributed by atoms with Gasteiger partial charge < -0.3 is 0 Å². The van der Waals surface area contributed by atoms with E-state index in [2.05, 4.69) is 67.2 Å². The maximum absolute atomic E-state index is 2.37. The molecule has 2 aliphatic rings. The minimum absolute atomic E-state index is 1.07. The molecule has 5 rings (SSSR count). The molecule has 0 unspecified atom stereocenters. The van der Waals surface area contributed by atoms with Gasteiger partial charge in [0.1, 0.15) is 7.05 Å². The number of pyridine rings is 1.